The molecule has 2 nitrogen and oxygen atoms in total. The number of nitrogens with zero attached hydrogens (tertiary/aromatic N) is 2. The summed E-state index contributed by atoms with van der Waals surface area (Å²) in [5.74, 6) is 1.68. The lowest BCUT2D eigenvalue weighted by Crippen LogP contribution is -2.04. The van der Waals surface area contributed by atoms with Crippen molar-refractivity contribution in [3.8, 4) is 0 Å². The molecular formula is C17H19ClN2S. The van der Waals surface area contributed by atoms with Crippen LogP contribution in [0.25, 0.3) is 11.0 Å². The van der Waals surface area contributed by atoms with Crippen LogP contribution in [-0.4, -0.2) is 15.4 Å². The number of halogens is 1. The van der Waals surface area contributed by atoms with Gasteiger partial charge in [-0.2, -0.15) is 0 Å². The highest BCUT2D eigenvalue weighted by Crippen LogP contribution is 2.23. The highest BCUT2D eigenvalue weighted by atomic mass is 35.5. The number of thiophene rings is 1. The quantitative estimate of drug-likeness (QED) is 0.618. The van der Waals surface area contributed by atoms with Crippen molar-refractivity contribution in [2.24, 2.45) is 0 Å². The van der Waals surface area contributed by atoms with Crippen LogP contribution < -0.4 is 0 Å². The second-order valence-electron chi connectivity index (χ2n) is 5.27. The molecule has 0 atom stereocenters. The van der Waals surface area contributed by atoms with Crippen molar-refractivity contribution in [3.05, 3.63) is 51.5 Å². The molecule has 0 unspecified atom stereocenters. The minimum absolute atomic E-state index is 0.604. The van der Waals surface area contributed by atoms with E-state index in [0.29, 0.717) is 5.88 Å². The number of rotatable bonds is 5. The van der Waals surface area contributed by atoms with Crippen LogP contribution in [0.4, 0.5) is 0 Å². The van der Waals surface area contributed by atoms with E-state index in [1.807, 2.05) is 11.3 Å². The Kier molecular flexibility index (Phi) is 4.32. The summed E-state index contributed by atoms with van der Waals surface area (Å²) in [4.78, 5) is 7.58. The first-order valence-electron chi connectivity index (χ1n) is 7.30. The van der Waals surface area contributed by atoms with Crippen LogP contribution in [0.15, 0.2) is 30.3 Å². The fourth-order valence-electron chi connectivity index (χ4n) is 2.59. The zero-order valence-electron chi connectivity index (χ0n) is 12.4. The highest BCUT2D eigenvalue weighted by Gasteiger charge is 2.11. The number of hydrogen-bond donors (Lipinski definition) is 0. The second-order valence-corrected chi connectivity index (χ2v) is 6.90. The number of aryl methyl sites for hydroxylation is 3. The number of hydrogen-bond acceptors (Lipinski definition) is 2. The predicted molar refractivity (Wildman–Crippen MR) is 91.7 cm³/mol. The van der Waals surface area contributed by atoms with E-state index in [2.05, 4.69) is 48.7 Å². The highest BCUT2D eigenvalue weighted by molar-refractivity contribution is 7.11. The van der Waals surface area contributed by atoms with E-state index in [-0.39, 0.29) is 0 Å². The van der Waals surface area contributed by atoms with Crippen molar-refractivity contribution in [2.75, 3.05) is 5.88 Å². The van der Waals surface area contributed by atoms with Gasteiger partial charge in [0.25, 0.3) is 0 Å². The summed E-state index contributed by atoms with van der Waals surface area (Å²) in [5, 5.41) is 0. The van der Waals surface area contributed by atoms with Crippen molar-refractivity contribution in [1.82, 2.24) is 9.55 Å². The summed E-state index contributed by atoms with van der Waals surface area (Å²) < 4.78 is 2.31. The number of aromatic nitrogens is 2. The molecule has 0 saturated heterocycles. The smallest absolute Gasteiger partial charge is 0.111 e. The molecule has 0 N–H and O–H groups in total. The third kappa shape index (κ3) is 2.99. The molecule has 2 aromatic heterocycles. The van der Waals surface area contributed by atoms with Gasteiger partial charge < -0.3 is 4.57 Å². The van der Waals surface area contributed by atoms with Crippen LogP contribution in [-0.2, 0) is 19.4 Å². The normalized spacial score (nSPS) is 11.4. The van der Waals surface area contributed by atoms with E-state index in [1.54, 1.807) is 0 Å². The van der Waals surface area contributed by atoms with Gasteiger partial charge in [0, 0.05) is 22.1 Å². The van der Waals surface area contributed by atoms with Gasteiger partial charge in [-0.05, 0) is 43.2 Å². The van der Waals surface area contributed by atoms with Gasteiger partial charge >= 0.3 is 0 Å². The number of fused-ring (bicyclic) bond motifs is 1. The second kappa shape index (κ2) is 6.20. The summed E-state index contributed by atoms with van der Waals surface area (Å²) >= 11 is 7.83. The number of imidazole rings is 1. The van der Waals surface area contributed by atoms with Crippen molar-refractivity contribution in [2.45, 2.75) is 33.2 Å². The first-order chi connectivity index (χ1) is 10.2. The first-order valence-corrected chi connectivity index (χ1v) is 8.65. The van der Waals surface area contributed by atoms with Crippen LogP contribution in [0.3, 0.4) is 0 Å². The Balaban J connectivity index is 2.03. The van der Waals surface area contributed by atoms with Gasteiger partial charge in [0.05, 0.1) is 17.6 Å². The summed E-state index contributed by atoms with van der Waals surface area (Å²) in [7, 11) is 0. The Morgan fingerprint density at radius 3 is 2.71 bits per heavy atom. The molecule has 0 fully saturated rings. The molecule has 2 heterocycles. The lowest BCUT2D eigenvalue weighted by atomic mass is 10.2. The molecular weight excluding hydrogens is 300 g/mol. The average Bonchev–Trinajstić information content (AvgIpc) is 3.05. The molecule has 0 aliphatic carbocycles. The maximum absolute atomic E-state index is 5.95. The average molecular weight is 319 g/mol. The van der Waals surface area contributed by atoms with Gasteiger partial charge in [-0.1, -0.05) is 13.0 Å². The maximum atomic E-state index is 5.95. The molecule has 0 bridgehead atoms. The van der Waals surface area contributed by atoms with Crippen molar-refractivity contribution in [3.63, 3.8) is 0 Å². The third-order valence-corrected chi connectivity index (χ3v) is 5.08. The van der Waals surface area contributed by atoms with E-state index >= 15 is 0 Å². The molecule has 3 rings (SSSR count). The zero-order valence-corrected chi connectivity index (χ0v) is 14.0. The van der Waals surface area contributed by atoms with Crippen LogP contribution in [0.2, 0.25) is 0 Å². The summed E-state index contributed by atoms with van der Waals surface area (Å²) in [5.41, 5.74) is 3.52. The van der Waals surface area contributed by atoms with Gasteiger partial charge in [0.2, 0.25) is 0 Å². The summed E-state index contributed by atoms with van der Waals surface area (Å²) in [6.07, 6.45) is 1.91. The molecule has 0 aliphatic rings. The van der Waals surface area contributed by atoms with Gasteiger partial charge in [-0.3, -0.25) is 0 Å². The standard InChI is InChI=1S/C17H19ClN2S/c1-3-13-5-6-14(21-13)11-20-16-7-4-12(2)10-15(16)19-17(20)8-9-18/h4-7,10H,3,8-9,11H2,1-2H3. The lowest BCUT2D eigenvalue weighted by molar-refractivity contribution is 0.763. The van der Waals surface area contributed by atoms with Gasteiger partial charge in [-0.15, -0.1) is 22.9 Å². The maximum Gasteiger partial charge on any atom is 0.111 e. The Bertz CT molecular complexity index is 757. The molecule has 4 heteroatoms. The predicted octanol–water partition coefficient (Wildman–Crippen LogP) is 4.80. The third-order valence-electron chi connectivity index (χ3n) is 3.68. The van der Waals surface area contributed by atoms with Crippen LogP contribution >= 0.6 is 22.9 Å². The van der Waals surface area contributed by atoms with Crippen LogP contribution in [0, 0.1) is 6.92 Å². The summed E-state index contributed by atoms with van der Waals surface area (Å²) in [6.45, 7) is 5.19. The SMILES string of the molecule is CCc1ccc(Cn2c(CCCl)nc3cc(C)ccc32)s1. The van der Waals surface area contributed by atoms with Crippen molar-refractivity contribution < 1.29 is 0 Å². The van der Waals surface area contributed by atoms with E-state index in [4.69, 9.17) is 16.6 Å². The van der Waals surface area contributed by atoms with Crippen LogP contribution in [0.5, 0.6) is 0 Å². The molecule has 0 spiro atoms. The number of alkyl halides is 1. The molecule has 0 radical (unpaired) electrons. The van der Waals surface area contributed by atoms with Crippen molar-refractivity contribution in [1.29, 1.82) is 0 Å². The van der Waals surface area contributed by atoms with E-state index in [1.165, 1.54) is 20.8 Å². The lowest BCUT2D eigenvalue weighted by Gasteiger charge is -2.07. The Hall–Kier alpha value is -1.32. The Morgan fingerprint density at radius 2 is 2.00 bits per heavy atom. The minimum atomic E-state index is 0.604. The minimum Gasteiger partial charge on any atom is -0.323 e. The largest absolute Gasteiger partial charge is 0.323 e. The van der Waals surface area contributed by atoms with Gasteiger partial charge in [0.15, 0.2) is 0 Å². The van der Waals surface area contributed by atoms with Gasteiger partial charge in [-0.25, -0.2) is 4.98 Å². The fourth-order valence-corrected chi connectivity index (χ4v) is 3.71. The first kappa shape index (κ1) is 14.6. The Morgan fingerprint density at radius 1 is 1.19 bits per heavy atom. The number of benzene rings is 1. The molecule has 0 aliphatic heterocycles. The molecule has 0 amide bonds. The van der Waals surface area contributed by atoms with Gasteiger partial charge in [0.1, 0.15) is 5.82 Å². The zero-order chi connectivity index (χ0) is 14.8. The topological polar surface area (TPSA) is 17.8 Å². The molecule has 21 heavy (non-hydrogen) atoms. The van der Waals surface area contributed by atoms with Crippen molar-refractivity contribution >= 4 is 34.0 Å². The molecule has 110 valence electrons. The molecule has 1 aromatic carbocycles. The Labute approximate surface area is 134 Å². The monoisotopic (exact) mass is 318 g/mol. The van der Waals surface area contributed by atoms with E-state index in [9.17, 15) is 0 Å². The van der Waals surface area contributed by atoms with E-state index in [0.717, 1.165) is 30.7 Å². The van der Waals surface area contributed by atoms with Crippen LogP contribution in [0.1, 0.15) is 28.1 Å². The molecule has 0 saturated carbocycles. The summed E-state index contributed by atoms with van der Waals surface area (Å²) in [6, 6.07) is 10.9. The molecule has 3 aromatic rings. The van der Waals surface area contributed by atoms with E-state index < -0.39 is 0 Å². The fraction of sp³-hybridized carbons (Fsp3) is 0.353.